The van der Waals surface area contributed by atoms with Gasteiger partial charge in [-0.25, -0.2) is 9.18 Å². The summed E-state index contributed by atoms with van der Waals surface area (Å²) in [6.45, 7) is 6.66. The number of nitrogens with one attached hydrogen (secondary N) is 2. The number of aromatic nitrogens is 1. The molecule has 2 bridgehead atoms. The van der Waals surface area contributed by atoms with Crippen LogP contribution in [0.25, 0.3) is 10.9 Å². The van der Waals surface area contributed by atoms with Crippen LogP contribution < -0.4 is 25.3 Å². The molecule has 3 saturated heterocycles. The van der Waals surface area contributed by atoms with E-state index in [1.807, 2.05) is 0 Å². The van der Waals surface area contributed by atoms with E-state index < -0.39 is 69.0 Å². The number of carbonyl (C=O) groups excluding carboxylic acids is 2. The Balaban J connectivity index is 1.47. The first-order valence-electron chi connectivity index (χ1n) is 14.6. The number of quaternary nitrogens is 1. The summed E-state index contributed by atoms with van der Waals surface area (Å²) in [6, 6.07) is 0.0723. The normalized spacial score (nSPS) is 25.5. The van der Waals surface area contributed by atoms with Gasteiger partial charge in [-0.2, -0.15) is 4.39 Å². The Bertz CT molecular complexity index is 1550. The second kappa shape index (κ2) is 10.8. The van der Waals surface area contributed by atoms with Crippen molar-refractivity contribution < 1.29 is 37.7 Å². The number of piperidine rings is 2. The van der Waals surface area contributed by atoms with E-state index >= 15 is 8.78 Å². The molecule has 11 nitrogen and oxygen atoms in total. The van der Waals surface area contributed by atoms with Gasteiger partial charge < -0.3 is 24.5 Å². The number of carbonyl (C=O) groups is 3. The number of hydrogen-bond donors (Lipinski definition) is 3. The molecule has 1 saturated carbocycles. The van der Waals surface area contributed by atoms with Crippen LogP contribution in [0, 0.1) is 11.7 Å². The number of benzene rings is 1. The van der Waals surface area contributed by atoms with E-state index in [0.29, 0.717) is 12.8 Å². The summed E-state index contributed by atoms with van der Waals surface area (Å²) in [5.41, 5.74) is -1.79. The molecule has 3 N–H and O–H groups in total. The van der Waals surface area contributed by atoms with Gasteiger partial charge in [-0.1, -0.05) is 0 Å². The number of alkyl halides is 1. The van der Waals surface area contributed by atoms with Gasteiger partial charge >= 0.3 is 11.9 Å². The van der Waals surface area contributed by atoms with Gasteiger partial charge in [-0.05, 0) is 59.4 Å². The zero-order valence-corrected chi connectivity index (χ0v) is 25.1. The Morgan fingerprint density at radius 3 is 2.53 bits per heavy atom. The van der Waals surface area contributed by atoms with Gasteiger partial charge in [0.2, 0.25) is 22.8 Å². The van der Waals surface area contributed by atoms with Crippen LogP contribution in [0.4, 0.5) is 14.5 Å². The molecule has 4 fully saturated rings. The van der Waals surface area contributed by atoms with E-state index in [-0.39, 0.29) is 48.0 Å². The monoisotopic (exact) mass is 605 g/mol. The second-order valence-corrected chi connectivity index (χ2v) is 12.9. The summed E-state index contributed by atoms with van der Waals surface area (Å²) in [7, 11) is 1.32. The second-order valence-electron chi connectivity index (χ2n) is 12.9. The molecule has 0 spiro atoms. The molecule has 234 valence electrons. The van der Waals surface area contributed by atoms with Gasteiger partial charge in [-0.15, -0.1) is 0 Å². The van der Waals surface area contributed by atoms with Crippen molar-refractivity contribution in [2.45, 2.75) is 76.9 Å². The first-order chi connectivity index (χ1) is 20.1. The molecular weight excluding hydrogens is 566 g/mol. The highest BCUT2D eigenvalue weighted by Crippen LogP contribution is 2.58. The van der Waals surface area contributed by atoms with Crippen LogP contribution in [-0.2, 0) is 14.3 Å². The first-order valence-corrected chi connectivity index (χ1v) is 14.6. The SMILES string of the molecule is COc1c([N+]23CCCC(C2)C3(F)CNC(=O)[C@H](C)NCC(=O)OC(C)(C)C)c(F)cc2c(=O)c(C(=O)O)cn(C3CC3)c12. The maximum absolute atomic E-state index is 17.2. The minimum absolute atomic E-state index is 0.00274. The van der Waals surface area contributed by atoms with Gasteiger partial charge in [0.15, 0.2) is 5.82 Å². The zero-order valence-electron chi connectivity index (χ0n) is 25.1. The summed E-state index contributed by atoms with van der Waals surface area (Å²) in [5, 5.41) is 14.9. The van der Waals surface area contributed by atoms with Crippen molar-refractivity contribution in [1.29, 1.82) is 0 Å². The van der Waals surface area contributed by atoms with Crippen LogP contribution in [0.1, 0.15) is 69.8 Å². The summed E-state index contributed by atoms with van der Waals surface area (Å²) < 4.78 is 45.5. The quantitative estimate of drug-likeness (QED) is 0.214. The Morgan fingerprint density at radius 2 is 1.95 bits per heavy atom. The van der Waals surface area contributed by atoms with E-state index in [2.05, 4.69) is 10.6 Å². The number of nitrogens with zero attached hydrogens (tertiary/aromatic N) is 2. The fourth-order valence-corrected chi connectivity index (χ4v) is 6.69. The molecule has 4 heterocycles. The predicted octanol–water partition coefficient (Wildman–Crippen LogP) is 3.01. The Hall–Kier alpha value is -3.58. The van der Waals surface area contributed by atoms with Gasteiger partial charge in [0, 0.05) is 12.2 Å². The molecule has 6 rings (SSSR count). The van der Waals surface area contributed by atoms with E-state index in [0.717, 1.165) is 18.9 Å². The Labute approximate surface area is 247 Å². The lowest BCUT2D eigenvalue weighted by Gasteiger charge is -2.63. The van der Waals surface area contributed by atoms with Crippen molar-refractivity contribution in [2.24, 2.45) is 5.92 Å². The Kier molecular flexibility index (Phi) is 7.79. The summed E-state index contributed by atoms with van der Waals surface area (Å²) >= 11 is 0. The third kappa shape index (κ3) is 5.26. The molecule has 43 heavy (non-hydrogen) atoms. The van der Waals surface area contributed by atoms with Gasteiger partial charge in [0.25, 0.3) is 5.79 Å². The molecule has 4 atom stereocenters. The summed E-state index contributed by atoms with van der Waals surface area (Å²) in [5.74, 6) is -5.86. The van der Waals surface area contributed by atoms with Crippen LogP contribution in [0.3, 0.4) is 0 Å². The van der Waals surface area contributed by atoms with Gasteiger partial charge in [0.1, 0.15) is 23.2 Å². The lowest BCUT2D eigenvalue weighted by Crippen LogP contribution is -2.84. The first kappa shape index (κ1) is 30.9. The molecule has 13 heteroatoms. The molecule has 1 aliphatic carbocycles. The van der Waals surface area contributed by atoms with Crippen LogP contribution >= 0.6 is 0 Å². The largest absolute Gasteiger partial charge is 0.489 e. The summed E-state index contributed by atoms with van der Waals surface area (Å²) in [6.07, 6.45) is 3.93. The number of methoxy groups -OCH3 is 1. The molecule has 2 aromatic rings. The maximum Gasteiger partial charge on any atom is 0.341 e. The number of fused-ring (bicyclic) bond motifs is 3. The molecule has 0 radical (unpaired) electrons. The fraction of sp³-hybridized carbons (Fsp3) is 0.600. The third-order valence-electron chi connectivity index (χ3n) is 8.84. The number of ether oxygens (including phenoxy) is 2. The molecule has 3 unspecified atom stereocenters. The van der Waals surface area contributed by atoms with Gasteiger partial charge in [0.05, 0.1) is 44.1 Å². The molecule has 4 aliphatic rings. The third-order valence-corrected chi connectivity index (χ3v) is 8.84. The number of rotatable bonds is 10. The van der Waals surface area contributed by atoms with Gasteiger partial charge in [-0.3, -0.25) is 24.2 Å². The van der Waals surface area contributed by atoms with Crippen molar-refractivity contribution in [2.75, 3.05) is 33.3 Å². The molecule has 1 aromatic carbocycles. The highest BCUT2D eigenvalue weighted by atomic mass is 19.1. The number of aromatic carboxylic acids is 1. The molecule has 1 amide bonds. The van der Waals surface area contributed by atoms with Crippen molar-refractivity contribution >= 4 is 34.4 Å². The van der Waals surface area contributed by atoms with Crippen molar-refractivity contribution in [3.05, 3.63) is 33.9 Å². The zero-order chi connectivity index (χ0) is 31.5. The lowest BCUT2D eigenvalue weighted by atomic mass is 9.73. The number of amides is 1. The maximum atomic E-state index is 17.2. The topological polar surface area (TPSA) is 136 Å². The molecular formula is C30H39F2N4O7+. The van der Waals surface area contributed by atoms with Crippen LogP contribution in [0.2, 0.25) is 0 Å². The van der Waals surface area contributed by atoms with Crippen LogP contribution in [0.15, 0.2) is 17.1 Å². The predicted molar refractivity (Wildman–Crippen MR) is 154 cm³/mol. The number of halogens is 2. The minimum atomic E-state index is -2.06. The number of carboxylic acids is 1. The highest BCUT2D eigenvalue weighted by molar-refractivity contribution is 5.97. The summed E-state index contributed by atoms with van der Waals surface area (Å²) in [4.78, 5) is 49.9. The van der Waals surface area contributed by atoms with Crippen LogP contribution in [0.5, 0.6) is 5.75 Å². The standard InChI is InChI=1S/C30H38F2N4O7/c1-16(33-12-22(37)43-29(2,3)4)27(39)34-15-30(32)17-7-6-10-36(30,14-17)24-21(31)11-19-23(26(24)42-5)35(18-8-9-18)13-20(25(19)38)28(40)41/h11,13,16-18,33H,6-10,12,14-15H2,1-5H3,(H-,34,39,40,41)/p+1/t16-,17?,30?,36?/m0/s1. The number of hydrogen-bond acceptors (Lipinski definition) is 7. The van der Waals surface area contributed by atoms with E-state index in [1.165, 1.54) is 13.3 Å². The van der Waals surface area contributed by atoms with Crippen molar-refractivity contribution in [3.63, 3.8) is 0 Å². The fourth-order valence-electron chi connectivity index (χ4n) is 6.69. The molecule has 1 aromatic heterocycles. The van der Waals surface area contributed by atoms with Crippen molar-refractivity contribution in [3.8, 4) is 5.75 Å². The van der Waals surface area contributed by atoms with E-state index in [4.69, 9.17) is 9.47 Å². The number of esters is 1. The average molecular weight is 606 g/mol. The lowest BCUT2D eigenvalue weighted by molar-refractivity contribution is -0.192. The minimum Gasteiger partial charge on any atom is -0.489 e. The van der Waals surface area contributed by atoms with E-state index in [1.54, 1.807) is 32.3 Å². The average Bonchev–Trinajstić information content (AvgIpc) is 3.78. The Morgan fingerprint density at radius 1 is 1.26 bits per heavy atom. The van der Waals surface area contributed by atoms with Crippen LogP contribution in [-0.4, -0.2) is 78.2 Å². The number of carboxylic acid groups (broad SMARTS) is 1. The number of pyridine rings is 1. The highest BCUT2D eigenvalue weighted by Gasteiger charge is 2.72. The molecule has 3 aliphatic heterocycles. The van der Waals surface area contributed by atoms with E-state index in [9.17, 15) is 24.3 Å². The smallest absolute Gasteiger partial charge is 0.341 e. The van der Waals surface area contributed by atoms with Crippen molar-refractivity contribution in [1.82, 2.24) is 19.7 Å².